The molecule has 0 aromatic heterocycles. The highest BCUT2D eigenvalue weighted by atomic mass is 19.4. The molecule has 0 fully saturated rings. The molecule has 19 heavy (non-hydrogen) atoms. The first-order valence-corrected chi connectivity index (χ1v) is 6.50. The summed E-state index contributed by atoms with van der Waals surface area (Å²) in [7, 11) is 0. The van der Waals surface area contributed by atoms with E-state index < -0.39 is 11.7 Å². The summed E-state index contributed by atoms with van der Waals surface area (Å²) in [5.41, 5.74) is -0.194. The first kappa shape index (κ1) is 15.8. The Kier molecular flexibility index (Phi) is 5.66. The van der Waals surface area contributed by atoms with Gasteiger partial charge in [0.25, 0.3) is 0 Å². The lowest BCUT2D eigenvalue weighted by molar-refractivity contribution is -0.137. The number of unbranched alkanes of at least 4 members (excludes halogenated alkanes) is 1. The Balaban J connectivity index is 3.17. The second-order valence-corrected chi connectivity index (χ2v) is 4.44. The maximum Gasteiger partial charge on any atom is 0.418 e. The Labute approximate surface area is 111 Å². The predicted molar refractivity (Wildman–Crippen MR) is 70.2 cm³/mol. The summed E-state index contributed by atoms with van der Waals surface area (Å²) in [6.07, 6.45) is -2.61. The van der Waals surface area contributed by atoms with E-state index >= 15 is 0 Å². The molecule has 0 aliphatic rings. The molecule has 0 saturated carbocycles. The zero-order chi connectivity index (χ0) is 14.5. The number of hydrogen-bond acceptors (Lipinski definition) is 2. The molecule has 0 unspecified atom stereocenters. The highest BCUT2D eigenvalue weighted by Gasteiger charge is 2.34. The fourth-order valence-electron chi connectivity index (χ4n) is 1.98. The van der Waals surface area contributed by atoms with Crippen LogP contribution in [-0.4, -0.2) is 18.2 Å². The van der Waals surface area contributed by atoms with Crippen LogP contribution >= 0.6 is 0 Å². The Morgan fingerprint density at radius 3 is 2.37 bits per heavy atom. The lowest BCUT2D eigenvalue weighted by Crippen LogP contribution is -2.26. The molecule has 5 heteroatoms. The van der Waals surface area contributed by atoms with Crippen molar-refractivity contribution in [2.45, 2.75) is 39.5 Å². The van der Waals surface area contributed by atoms with Crippen LogP contribution in [0.4, 0.5) is 18.9 Å². The summed E-state index contributed by atoms with van der Waals surface area (Å²) in [6, 6.07) is 4.02. The SMILES string of the molecule is CCCCN(CC)c1ccc(CO)cc1C(F)(F)F. The van der Waals surface area contributed by atoms with E-state index in [0.29, 0.717) is 13.1 Å². The normalized spacial score (nSPS) is 11.7. The Hall–Kier alpha value is -1.23. The lowest BCUT2D eigenvalue weighted by atomic mass is 10.1. The van der Waals surface area contributed by atoms with Gasteiger partial charge in [-0.1, -0.05) is 19.4 Å². The van der Waals surface area contributed by atoms with Gasteiger partial charge in [-0.05, 0) is 31.0 Å². The van der Waals surface area contributed by atoms with Gasteiger partial charge >= 0.3 is 6.18 Å². The van der Waals surface area contributed by atoms with E-state index in [0.717, 1.165) is 18.9 Å². The highest BCUT2D eigenvalue weighted by Crippen LogP contribution is 2.37. The van der Waals surface area contributed by atoms with Crippen LogP contribution in [0.2, 0.25) is 0 Å². The molecule has 0 bridgehead atoms. The monoisotopic (exact) mass is 275 g/mol. The third-order valence-electron chi connectivity index (χ3n) is 3.05. The van der Waals surface area contributed by atoms with Gasteiger partial charge in [0.15, 0.2) is 0 Å². The second-order valence-electron chi connectivity index (χ2n) is 4.44. The van der Waals surface area contributed by atoms with Crippen molar-refractivity contribution in [2.75, 3.05) is 18.0 Å². The standard InChI is InChI=1S/C14H20F3NO/c1-3-5-8-18(4-2)13-7-6-11(10-19)9-12(13)14(15,16)17/h6-7,9,19H,3-5,8,10H2,1-2H3. The second kappa shape index (κ2) is 6.80. The van der Waals surface area contributed by atoms with Crippen molar-refractivity contribution in [2.24, 2.45) is 0 Å². The molecule has 1 rings (SSSR count). The minimum atomic E-state index is -4.40. The largest absolute Gasteiger partial charge is 0.418 e. The fourth-order valence-corrected chi connectivity index (χ4v) is 1.98. The summed E-state index contributed by atoms with van der Waals surface area (Å²) in [4.78, 5) is 1.73. The number of anilines is 1. The number of rotatable bonds is 6. The maximum atomic E-state index is 13.1. The van der Waals surface area contributed by atoms with Gasteiger partial charge in [-0.2, -0.15) is 13.2 Å². The molecular weight excluding hydrogens is 255 g/mol. The fraction of sp³-hybridized carbons (Fsp3) is 0.571. The van der Waals surface area contributed by atoms with Crippen LogP contribution in [0.1, 0.15) is 37.8 Å². The molecule has 108 valence electrons. The number of alkyl halides is 3. The number of hydrogen-bond donors (Lipinski definition) is 1. The van der Waals surface area contributed by atoms with Gasteiger partial charge in [-0.15, -0.1) is 0 Å². The average molecular weight is 275 g/mol. The van der Waals surface area contributed by atoms with Gasteiger partial charge in [-0.25, -0.2) is 0 Å². The smallest absolute Gasteiger partial charge is 0.392 e. The molecule has 0 heterocycles. The molecule has 1 aromatic rings. The van der Waals surface area contributed by atoms with Gasteiger partial charge in [-0.3, -0.25) is 0 Å². The van der Waals surface area contributed by atoms with E-state index in [1.165, 1.54) is 6.07 Å². The van der Waals surface area contributed by atoms with E-state index in [1.54, 1.807) is 11.0 Å². The van der Waals surface area contributed by atoms with E-state index in [2.05, 4.69) is 0 Å². The summed E-state index contributed by atoms with van der Waals surface area (Å²) in [5.74, 6) is 0. The first-order valence-electron chi connectivity index (χ1n) is 6.50. The van der Waals surface area contributed by atoms with Gasteiger partial charge < -0.3 is 10.0 Å². The van der Waals surface area contributed by atoms with Crippen molar-refractivity contribution in [3.05, 3.63) is 29.3 Å². The molecule has 1 aromatic carbocycles. The van der Waals surface area contributed by atoms with Crippen LogP contribution < -0.4 is 4.90 Å². The highest BCUT2D eigenvalue weighted by molar-refractivity contribution is 5.56. The topological polar surface area (TPSA) is 23.5 Å². The molecule has 0 atom stereocenters. The summed E-state index contributed by atoms with van der Waals surface area (Å²) in [5, 5.41) is 8.97. The van der Waals surface area contributed by atoms with Crippen LogP contribution in [0, 0.1) is 0 Å². The van der Waals surface area contributed by atoms with Crippen molar-refractivity contribution < 1.29 is 18.3 Å². The van der Waals surface area contributed by atoms with Crippen molar-refractivity contribution in [3.8, 4) is 0 Å². The molecule has 1 N–H and O–H groups in total. The van der Waals surface area contributed by atoms with Gasteiger partial charge in [0.05, 0.1) is 12.2 Å². The van der Waals surface area contributed by atoms with Crippen molar-refractivity contribution in [3.63, 3.8) is 0 Å². The first-order chi connectivity index (χ1) is 8.93. The van der Waals surface area contributed by atoms with Crippen molar-refractivity contribution in [1.29, 1.82) is 0 Å². The van der Waals surface area contributed by atoms with E-state index in [-0.39, 0.29) is 17.9 Å². The third kappa shape index (κ3) is 4.13. The van der Waals surface area contributed by atoms with Crippen molar-refractivity contribution >= 4 is 5.69 Å². The molecule has 0 aliphatic carbocycles. The number of aliphatic hydroxyl groups is 1. The molecule has 0 saturated heterocycles. The molecule has 2 nitrogen and oxygen atoms in total. The Bertz CT molecular complexity index is 404. The predicted octanol–water partition coefficient (Wildman–Crippen LogP) is 3.82. The van der Waals surface area contributed by atoms with E-state index in [9.17, 15) is 13.2 Å². The van der Waals surface area contributed by atoms with Crippen LogP contribution in [0.3, 0.4) is 0 Å². The molecule has 0 amide bonds. The van der Waals surface area contributed by atoms with E-state index in [1.807, 2.05) is 13.8 Å². The Morgan fingerprint density at radius 2 is 1.89 bits per heavy atom. The third-order valence-corrected chi connectivity index (χ3v) is 3.05. The average Bonchev–Trinajstić information content (AvgIpc) is 2.38. The summed E-state index contributed by atoms with van der Waals surface area (Å²) >= 11 is 0. The van der Waals surface area contributed by atoms with E-state index in [4.69, 9.17) is 5.11 Å². The van der Waals surface area contributed by atoms with Gasteiger partial charge in [0.2, 0.25) is 0 Å². The lowest BCUT2D eigenvalue weighted by Gasteiger charge is -2.26. The molecule has 0 radical (unpaired) electrons. The minimum Gasteiger partial charge on any atom is -0.392 e. The Morgan fingerprint density at radius 1 is 1.21 bits per heavy atom. The number of halogens is 3. The summed E-state index contributed by atoms with van der Waals surface area (Å²) < 4.78 is 39.2. The van der Waals surface area contributed by atoms with Gasteiger partial charge in [0.1, 0.15) is 0 Å². The van der Waals surface area contributed by atoms with Crippen LogP contribution in [0.25, 0.3) is 0 Å². The summed E-state index contributed by atoms with van der Waals surface area (Å²) in [6.45, 7) is 4.60. The quantitative estimate of drug-likeness (QED) is 0.853. The zero-order valence-electron chi connectivity index (χ0n) is 11.3. The molecule has 0 spiro atoms. The molecule has 0 aliphatic heterocycles. The van der Waals surface area contributed by atoms with Crippen LogP contribution in [-0.2, 0) is 12.8 Å². The number of aliphatic hydroxyl groups excluding tert-OH is 1. The number of benzene rings is 1. The molecular formula is C14H20F3NO. The zero-order valence-corrected chi connectivity index (χ0v) is 11.3. The minimum absolute atomic E-state index is 0.195. The maximum absolute atomic E-state index is 13.1. The van der Waals surface area contributed by atoms with Gasteiger partial charge in [0, 0.05) is 18.8 Å². The number of nitrogens with zero attached hydrogens (tertiary/aromatic N) is 1. The van der Waals surface area contributed by atoms with Crippen LogP contribution in [0.15, 0.2) is 18.2 Å². The van der Waals surface area contributed by atoms with Crippen molar-refractivity contribution in [1.82, 2.24) is 0 Å². The van der Waals surface area contributed by atoms with Crippen LogP contribution in [0.5, 0.6) is 0 Å².